The fourth-order valence-corrected chi connectivity index (χ4v) is 2.84. The smallest absolute Gasteiger partial charge is 0.270 e. The van der Waals surface area contributed by atoms with Crippen molar-refractivity contribution in [3.8, 4) is 0 Å². The molecule has 0 saturated carbocycles. The van der Waals surface area contributed by atoms with Crippen LogP contribution in [0.1, 0.15) is 17.3 Å². The molecule has 6 nitrogen and oxygen atoms in total. The van der Waals surface area contributed by atoms with E-state index in [0.29, 0.717) is 21.9 Å². The van der Waals surface area contributed by atoms with Gasteiger partial charge in [-0.05, 0) is 53.2 Å². The van der Waals surface area contributed by atoms with E-state index >= 15 is 0 Å². The number of halogens is 2. The van der Waals surface area contributed by atoms with Gasteiger partial charge in [-0.15, -0.1) is 0 Å². The second-order valence-corrected chi connectivity index (χ2v) is 6.06. The number of fused-ring (bicyclic) bond motifs is 1. The minimum atomic E-state index is -0.559. The number of hydrogen-bond acceptors (Lipinski definition) is 4. The largest absolute Gasteiger partial charge is 0.277 e. The summed E-state index contributed by atoms with van der Waals surface area (Å²) in [6.45, 7) is 2.17. The molecule has 1 amide bonds. The molecule has 0 saturated heterocycles. The number of nitrogens with zero attached hydrogens (tertiary/aromatic N) is 2. The molecule has 1 aromatic heterocycles. The Morgan fingerprint density at radius 3 is 2.80 bits per heavy atom. The number of nitrogens with one attached hydrogen (secondary N) is 2. The molecule has 0 radical (unpaired) electrons. The molecule has 128 valence electrons. The van der Waals surface area contributed by atoms with Crippen LogP contribution in [0.15, 0.2) is 51.7 Å². The summed E-state index contributed by atoms with van der Waals surface area (Å²) < 4.78 is 15.2. The Labute approximate surface area is 150 Å². The highest BCUT2D eigenvalue weighted by atomic mass is 79.9. The van der Waals surface area contributed by atoms with Crippen LogP contribution in [0, 0.1) is 5.82 Å². The number of benzene rings is 2. The van der Waals surface area contributed by atoms with E-state index < -0.39 is 11.7 Å². The fraction of sp³-hybridized carbons (Fsp3) is 0.118. The van der Waals surface area contributed by atoms with Gasteiger partial charge in [0.1, 0.15) is 5.82 Å². The number of amides is 1. The van der Waals surface area contributed by atoms with Crippen LogP contribution in [-0.2, 0) is 6.54 Å². The van der Waals surface area contributed by atoms with E-state index in [4.69, 9.17) is 0 Å². The third-order valence-corrected chi connectivity index (χ3v) is 4.33. The Morgan fingerprint density at radius 2 is 2.04 bits per heavy atom. The molecular weight excluding hydrogens is 391 g/mol. The normalized spacial score (nSPS) is 10.7. The third-order valence-electron chi connectivity index (χ3n) is 3.64. The zero-order valence-corrected chi connectivity index (χ0v) is 14.8. The predicted octanol–water partition coefficient (Wildman–Crippen LogP) is 3.07. The highest BCUT2D eigenvalue weighted by Crippen LogP contribution is 2.18. The first-order chi connectivity index (χ1) is 12.0. The maximum Gasteiger partial charge on any atom is 0.270 e. The average Bonchev–Trinajstić information content (AvgIpc) is 2.62. The number of hydrazine groups is 1. The van der Waals surface area contributed by atoms with Crippen molar-refractivity contribution >= 4 is 38.7 Å². The van der Waals surface area contributed by atoms with Crippen molar-refractivity contribution in [2.24, 2.45) is 0 Å². The summed E-state index contributed by atoms with van der Waals surface area (Å²) in [5, 5.41) is 0.495. The molecule has 0 bridgehead atoms. The van der Waals surface area contributed by atoms with E-state index in [1.165, 1.54) is 16.7 Å². The van der Waals surface area contributed by atoms with E-state index in [1.807, 2.05) is 0 Å². The van der Waals surface area contributed by atoms with Crippen LogP contribution < -0.4 is 16.4 Å². The van der Waals surface area contributed by atoms with Gasteiger partial charge in [-0.2, -0.15) is 0 Å². The van der Waals surface area contributed by atoms with Crippen LogP contribution in [0.3, 0.4) is 0 Å². The molecule has 0 aliphatic heterocycles. The first kappa shape index (κ1) is 17.1. The molecule has 2 N–H and O–H groups in total. The topological polar surface area (TPSA) is 76.0 Å². The second-order valence-electron chi connectivity index (χ2n) is 5.21. The van der Waals surface area contributed by atoms with Crippen LogP contribution >= 0.6 is 15.9 Å². The maximum absolute atomic E-state index is 13.3. The van der Waals surface area contributed by atoms with E-state index in [1.54, 1.807) is 31.2 Å². The van der Waals surface area contributed by atoms with Crippen LogP contribution in [0.4, 0.5) is 10.3 Å². The Morgan fingerprint density at radius 1 is 1.28 bits per heavy atom. The molecule has 2 aromatic carbocycles. The summed E-state index contributed by atoms with van der Waals surface area (Å²) in [4.78, 5) is 29.1. The van der Waals surface area contributed by atoms with E-state index in [0.717, 1.165) is 6.07 Å². The number of para-hydroxylation sites is 1. The monoisotopic (exact) mass is 404 g/mol. The molecule has 0 unspecified atom stereocenters. The first-order valence-corrected chi connectivity index (χ1v) is 8.31. The molecule has 1 heterocycles. The molecule has 0 fully saturated rings. The lowest BCUT2D eigenvalue weighted by Crippen LogP contribution is -2.34. The van der Waals surface area contributed by atoms with Gasteiger partial charge in [0.15, 0.2) is 0 Å². The highest BCUT2D eigenvalue weighted by Gasteiger charge is 2.13. The van der Waals surface area contributed by atoms with Gasteiger partial charge in [0, 0.05) is 11.0 Å². The van der Waals surface area contributed by atoms with E-state index in [2.05, 4.69) is 31.8 Å². The van der Waals surface area contributed by atoms with Crippen LogP contribution in [0.5, 0.6) is 0 Å². The fourth-order valence-electron chi connectivity index (χ4n) is 2.41. The van der Waals surface area contributed by atoms with Crippen molar-refractivity contribution in [1.29, 1.82) is 0 Å². The zero-order chi connectivity index (χ0) is 18.0. The van der Waals surface area contributed by atoms with Gasteiger partial charge < -0.3 is 0 Å². The van der Waals surface area contributed by atoms with Gasteiger partial charge >= 0.3 is 0 Å². The van der Waals surface area contributed by atoms with Crippen molar-refractivity contribution < 1.29 is 9.18 Å². The summed E-state index contributed by atoms with van der Waals surface area (Å²) in [5.41, 5.74) is 5.52. The number of aromatic nitrogens is 2. The molecule has 0 atom stereocenters. The summed E-state index contributed by atoms with van der Waals surface area (Å²) in [7, 11) is 0. The minimum absolute atomic E-state index is 0.124. The number of carbonyl (C=O) groups is 1. The van der Waals surface area contributed by atoms with Crippen LogP contribution in [0.25, 0.3) is 10.9 Å². The molecule has 0 aliphatic carbocycles. The van der Waals surface area contributed by atoms with Crippen LogP contribution in [0.2, 0.25) is 0 Å². The highest BCUT2D eigenvalue weighted by molar-refractivity contribution is 9.10. The Bertz CT molecular complexity index is 1020. The van der Waals surface area contributed by atoms with Crippen molar-refractivity contribution in [3.05, 3.63) is 68.7 Å². The average molecular weight is 405 g/mol. The van der Waals surface area contributed by atoms with Crippen LogP contribution in [-0.4, -0.2) is 15.5 Å². The minimum Gasteiger partial charge on any atom is -0.277 e. The molecule has 3 rings (SSSR count). The van der Waals surface area contributed by atoms with Crippen molar-refractivity contribution in [3.63, 3.8) is 0 Å². The standard InChI is InChI=1S/C17H14BrFN4O2/c1-2-23-16(25)11-5-3-4-6-14(11)20-17(23)22-21-15(24)12-9-10(19)7-8-13(12)18/h3-9H,2H2,1H3,(H,20,22)(H,21,24). The van der Waals surface area contributed by atoms with Crippen molar-refractivity contribution in [2.45, 2.75) is 13.5 Å². The molecule has 8 heteroatoms. The maximum atomic E-state index is 13.3. The molecule has 0 spiro atoms. The summed E-state index contributed by atoms with van der Waals surface area (Å²) in [6.07, 6.45) is 0. The number of rotatable bonds is 4. The molecular formula is C17H14BrFN4O2. The lowest BCUT2D eigenvalue weighted by molar-refractivity contribution is 0.0961. The number of hydrogen-bond donors (Lipinski definition) is 2. The van der Waals surface area contributed by atoms with Gasteiger partial charge in [0.25, 0.3) is 11.5 Å². The number of carbonyl (C=O) groups excluding carboxylic acids is 1. The summed E-state index contributed by atoms with van der Waals surface area (Å²) in [6, 6.07) is 10.8. The van der Waals surface area contributed by atoms with Crippen molar-refractivity contribution in [1.82, 2.24) is 15.0 Å². The lowest BCUT2D eigenvalue weighted by Gasteiger charge is -2.14. The van der Waals surface area contributed by atoms with Gasteiger partial charge in [-0.25, -0.2) is 9.37 Å². The van der Waals surface area contributed by atoms with Gasteiger partial charge in [-0.3, -0.25) is 25.0 Å². The summed E-state index contributed by atoms with van der Waals surface area (Å²) in [5.74, 6) is -0.883. The van der Waals surface area contributed by atoms with Gasteiger partial charge in [0.05, 0.1) is 16.5 Å². The molecule has 0 aliphatic rings. The number of anilines is 1. The van der Waals surface area contributed by atoms with E-state index in [-0.39, 0.29) is 17.1 Å². The SMILES string of the molecule is CCn1c(NNC(=O)c2cc(F)ccc2Br)nc2ccccc2c1=O. The van der Waals surface area contributed by atoms with Crippen molar-refractivity contribution in [2.75, 3.05) is 5.43 Å². The second kappa shape index (κ2) is 7.02. The Hall–Kier alpha value is -2.74. The predicted molar refractivity (Wildman–Crippen MR) is 96.9 cm³/mol. The third kappa shape index (κ3) is 3.39. The summed E-state index contributed by atoms with van der Waals surface area (Å²) >= 11 is 3.20. The van der Waals surface area contributed by atoms with E-state index in [9.17, 15) is 14.0 Å². The first-order valence-electron chi connectivity index (χ1n) is 7.52. The Kier molecular flexibility index (Phi) is 4.80. The molecule has 3 aromatic rings. The lowest BCUT2D eigenvalue weighted by atomic mass is 10.2. The Balaban J connectivity index is 1.91. The van der Waals surface area contributed by atoms with Gasteiger partial charge in [-0.1, -0.05) is 12.1 Å². The molecule has 25 heavy (non-hydrogen) atoms. The zero-order valence-electron chi connectivity index (χ0n) is 13.2. The quantitative estimate of drug-likeness (QED) is 0.655. The van der Waals surface area contributed by atoms with Gasteiger partial charge in [0.2, 0.25) is 5.95 Å².